The molecule has 2 aromatic heterocycles. The SMILES string of the molecule is CCOc1cc(C(=O)NCCc2ccn(-c3ccccc3)n2)ccc1OCc1ccncc1. The number of pyridine rings is 1. The van der Waals surface area contributed by atoms with Gasteiger partial charge in [-0.25, -0.2) is 4.68 Å². The maximum absolute atomic E-state index is 12.7. The van der Waals surface area contributed by atoms with Crippen LogP contribution >= 0.6 is 0 Å². The van der Waals surface area contributed by atoms with E-state index in [0.29, 0.717) is 43.2 Å². The first-order valence-electron chi connectivity index (χ1n) is 10.9. The summed E-state index contributed by atoms with van der Waals surface area (Å²) in [6.45, 7) is 3.24. The summed E-state index contributed by atoms with van der Waals surface area (Å²) in [5, 5.41) is 7.52. The highest BCUT2D eigenvalue weighted by atomic mass is 16.5. The lowest BCUT2D eigenvalue weighted by molar-refractivity contribution is 0.0953. The number of para-hydroxylation sites is 1. The molecular formula is C26H26N4O3. The van der Waals surface area contributed by atoms with Crippen molar-refractivity contribution in [1.29, 1.82) is 0 Å². The van der Waals surface area contributed by atoms with E-state index < -0.39 is 0 Å². The van der Waals surface area contributed by atoms with Gasteiger partial charge in [-0.3, -0.25) is 9.78 Å². The van der Waals surface area contributed by atoms with Crippen LogP contribution in [0.25, 0.3) is 5.69 Å². The standard InChI is InChI=1S/C26H26N4O3/c1-2-32-25-18-21(8-9-24(25)33-19-20-10-14-27-15-11-20)26(31)28-16-12-22-13-17-30(29-22)23-6-4-3-5-7-23/h3-11,13-15,17-18H,2,12,16,19H2,1H3,(H,28,31). The molecule has 0 aliphatic heterocycles. The van der Waals surface area contributed by atoms with Crippen molar-refractivity contribution < 1.29 is 14.3 Å². The summed E-state index contributed by atoms with van der Waals surface area (Å²) >= 11 is 0. The van der Waals surface area contributed by atoms with Gasteiger partial charge in [0.1, 0.15) is 6.61 Å². The summed E-state index contributed by atoms with van der Waals surface area (Å²) in [6, 6.07) is 20.9. The van der Waals surface area contributed by atoms with Gasteiger partial charge >= 0.3 is 0 Å². The maximum atomic E-state index is 12.7. The second-order valence-electron chi connectivity index (χ2n) is 7.33. The van der Waals surface area contributed by atoms with Gasteiger partial charge in [0, 0.05) is 37.1 Å². The highest BCUT2D eigenvalue weighted by Gasteiger charge is 2.12. The minimum Gasteiger partial charge on any atom is -0.490 e. The first-order valence-corrected chi connectivity index (χ1v) is 10.9. The molecule has 0 atom stereocenters. The van der Waals surface area contributed by atoms with E-state index in [9.17, 15) is 4.79 Å². The molecular weight excluding hydrogens is 416 g/mol. The minimum atomic E-state index is -0.167. The van der Waals surface area contributed by atoms with Crippen LogP contribution in [0.3, 0.4) is 0 Å². The summed E-state index contributed by atoms with van der Waals surface area (Å²) in [5.41, 5.74) is 3.44. The number of carbonyl (C=O) groups excluding carboxylic acids is 1. The Morgan fingerprint density at radius 1 is 0.970 bits per heavy atom. The van der Waals surface area contributed by atoms with Gasteiger partial charge in [0.05, 0.1) is 18.0 Å². The van der Waals surface area contributed by atoms with Crippen LogP contribution in [0.15, 0.2) is 85.3 Å². The van der Waals surface area contributed by atoms with Crippen molar-refractivity contribution in [2.24, 2.45) is 0 Å². The number of rotatable bonds is 10. The highest BCUT2D eigenvalue weighted by Crippen LogP contribution is 2.29. The van der Waals surface area contributed by atoms with E-state index in [0.717, 1.165) is 16.9 Å². The zero-order chi connectivity index (χ0) is 22.9. The van der Waals surface area contributed by atoms with Crippen LogP contribution in [-0.2, 0) is 13.0 Å². The first kappa shape index (κ1) is 22.1. The van der Waals surface area contributed by atoms with Crippen molar-refractivity contribution in [3.8, 4) is 17.2 Å². The van der Waals surface area contributed by atoms with Gasteiger partial charge < -0.3 is 14.8 Å². The fourth-order valence-corrected chi connectivity index (χ4v) is 3.30. The highest BCUT2D eigenvalue weighted by molar-refractivity contribution is 5.94. The molecule has 1 amide bonds. The number of ether oxygens (including phenoxy) is 2. The van der Waals surface area contributed by atoms with Crippen LogP contribution < -0.4 is 14.8 Å². The number of carbonyl (C=O) groups is 1. The van der Waals surface area contributed by atoms with E-state index in [-0.39, 0.29) is 5.91 Å². The molecule has 0 radical (unpaired) electrons. The number of nitrogens with one attached hydrogen (secondary N) is 1. The molecule has 33 heavy (non-hydrogen) atoms. The molecule has 4 aromatic rings. The van der Waals surface area contributed by atoms with Crippen LogP contribution in [0.5, 0.6) is 11.5 Å². The molecule has 0 unspecified atom stereocenters. The molecule has 0 aliphatic carbocycles. The number of hydrogen-bond donors (Lipinski definition) is 1. The van der Waals surface area contributed by atoms with Crippen LogP contribution in [0.1, 0.15) is 28.5 Å². The lowest BCUT2D eigenvalue weighted by Crippen LogP contribution is -2.25. The number of aromatic nitrogens is 3. The largest absolute Gasteiger partial charge is 0.490 e. The summed E-state index contributed by atoms with van der Waals surface area (Å²) in [6.07, 6.45) is 6.01. The summed E-state index contributed by atoms with van der Waals surface area (Å²) in [5.74, 6) is 0.969. The Morgan fingerprint density at radius 3 is 2.58 bits per heavy atom. The monoisotopic (exact) mass is 442 g/mol. The number of amides is 1. The van der Waals surface area contributed by atoms with E-state index in [1.807, 2.05) is 66.3 Å². The molecule has 0 bridgehead atoms. The van der Waals surface area contributed by atoms with Gasteiger partial charge in [-0.2, -0.15) is 5.10 Å². The molecule has 1 N–H and O–H groups in total. The van der Waals surface area contributed by atoms with Gasteiger partial charge in [0.2, 0.25) is 0 Å². The number of nitrogens with zero attached hydrogens (tertiary/aromatic N) is 3. The van der Waals surface area contributed by atoms with Gasteiger partial charge in [0.15, 0.2) is 11.5 Å². The van der Waals surface area contributed by atoms with E-state index >= 15 is 0 Å². The average molecular weight is 443 g/mol. The topological polar surface area (TPSA) is 78.3 Å². The van der Waals surface area contributed by atoms with Crippen molar-refractivity contribution in [2.45, 2.75) is 20.0 Å². The zero-order valence-corrected chi connectivity index (χ0v) is 18.5. The van der Waals surface area contributed by atoms with Crippen molar-refractivity contribution in [3.63, 3.8) is 0 Å². The molecule has 0 aliphatic rings. The molecule has 4 rings (SSSR count). The first-order chi connectivity index (χ1) is 16.2. The average Bonchev–Trinajstić information content (AvgIpc) is 3.33. The van der Waals surface area contributed by atoms with Gasteiger partial charge in [-0.15, -0.1) is 0 Å². The van der Waals surface area contributed by atoms with E-state index in [1.165, 1.54) is 0 Å². The number of benzene rings is 2. The Hall–Kier alpha value is -4.13. The number of hydrogen-bond acceptors (Lipinski definition) is 5. The van der Waals surface area contributed by atoms with Crippen molar-refractivity contribution in [1.82, 2.24) is 20.1 Å². The molecule has 7 nitrogen and oxygen atoms in total. The fraction of sp³-hybridized carbons (Fsp3) is 0.192. The van der Waals surface area contributed by atoms with Crippen LogP contribution in [0.2, 0.25) is 0 Å². The predicted octanol–water partition coefficient (Wildman–Crippen LogP) is 4.22. The maximum Gasteiger partial charge on any atom is 0.251 e. The molecule has 0 fully saturated rings. The van der Waals surface area contributed by atoms with E-state index in [1.54, 1.807) is 30.6 Å². The fourth-order valence-electron chi connectivity index (χ4n) is 3.30. The third kappa shape index (κ3) is 5.98. The second kappa shape index (κ2) is 10.9. The van der Waals surface area contributed by atoms with Crippen molar-refractivity contribution in [3.05, 3.63) is 102 Å². The lowest BCUT2D eigenvalue weighted by atomic mass is 10.2. The molecule has 0 saturated heterocycles. The lowest BCUT2D eigenvalue weighted by Gasteiger charge is -2.13. The Kier molecular flexibility index (Phi) is 7.33. The molecule has 7 heteroatoms. The third-order valence-corrected chi connectivity index (χ3v) is 4.98. The van der Waals surface area contributed by atoms with E-state index in [4.69, 9.17) is 9.47 Å². The molecule has 0 spiro atoms. The van der Waals surface area contributed by atoms with Gasteiger partial charge in [-0.05, 0) is 61.0 Å². The third-order valence-electron chi connectivity index (χ3n) is 4.98. The molecule has 2 aromatic carbocycles. The summed E-state index contributed by atoms with van der Waals surface area (Å²) in [4.78, 5) is 16.7. The Bertz CT molecular complexity index is 1180. The smallest absolute Gasteiger partial charge is 0.251 e. The van der Waals surface area contributed by atoms with Crippen LogP contribution in [0, 0.1) is 0 Å². The molecule has 168 valence electrons. The van der Waals surface area contributed by atoms with Crippen LogP contribution in [0.4, 0.5) is 0 Å². The van der Waals surface area contributed by atoms with Gasteiger partial charge in [-0.1, -0.05) is 18.2 Å². The normalized spacial score (nSPS) is 10.6. The Balaban J connectivity index is 1.34. The zero-order valence-electron chi connectivity index (χ0n) is 18.5. The molecule has 2 heterocycles. The van der Waals surface area contributed by atoms with Crippen LogP contribution in [-0.4, -0.2) is 33.8 Å². The van der Waals surface area contributed by atoms with Gasteiger partial charge in [0.25, 0.3) is 5.91 Å². The van der Waals surface area contributed by atoms with E-state index in [2.05, 4.69) is 15.4 Å². The quantitative estimate of drug-likeness (QED) is 0.398. The minimum absolute atomic E-state index is 0.167. The molecule has 0 saturated carbocycles. The Morgan fingerprint density at radius 2 is 1.79 bits per heavy atom. The van der Waals surface area contributed by atoms with Crippen molar-refractivity contribution in [2.75, 3.05) is 13.2 Å². The van der Waals surface area contributed by atoms with Crippen molar-refractivity contribution >= 4 is 5.91 Å². The second-order valence-corrected chi connectivity index (χ2v) is 7.33. The summed E-state index contributed by atoms with van der Waals surface area (Å²) < 4.78 is 13.4. The predicted molar refractivity (Wildman–Crippen MR) is 126 cm³/mol. The Labute approximate surface area is 193 Å². The summed E-state index contributed by atoms with van der Waals surface area (Å²) in [7, 11) is 0.